The van der Waals surface area contributed by atoms with Crippen LogP contribution in [0.1, 0.15) is 157 Å². The third-order valence-corrected chi connectivity index (χ3v) is 72.7. The van der Waals surface area contributed by atoms with Crippen LogP contribution in [0.25, 0.3) is 0 Å². The summed E-state index contributed by atoms with van der Waals surface area (Å²) in [5.41, 5.74) is 0. The Labute approximate surface area is 896 Å². The van der Waals surface area contributed by atoms with Gasteiger partial charge in [-0.3, -0.25) is 13.6 Å². The predicted molar refractivity (Wildman–Crippen MR) is 651 cm³/mol. The SMILES string of the molecule is CC(C)CCCCCCC(OP(=O)(OC(CCCCCCC(C)C)([Si](c1ccccc1)(c1ccccc1)c1ccccc1)[Si](c1ccccc1)(c1ccccc1)c1ccccc1)OC(CCCCCCC(C)C)([Si](c1ccccc1)(c1ccccc1)c1ccccc1)[Si](c1ccccc1)(c1ccccc1)c1ccccc1)([Si](c1ccccc1)(c1ccccc1)c1ccccc1)[Si](c1ccccc1)(c1ccccc1)c1ccccc1. The van der Waals surface area contributed by atoms with Crippen LogP contribution in [-0.2, 0) is 18.1 Å². The van der Waals surface area contributed by atoms with Gasteiger partial charge in [0.25, 0.3) is 0 Å². The Balaban J connectivity index is 1.22. The number of hydrogen-bond acceptors (Lipinski definition) is 4. The average Bonchev–Trinajstić information content (AvgIpc) is 0.647. The van der Waals surface area contributed by atoms with E-state index < -0.39 is 70.8 Å². The molecule has 0 saturated carbocycles. The van der Waals surface area contributed by atoms with Crippen LogP contribution in [0.15, 0.2) is 546 Å². The number of unbranched alkanes of at least 4 members (excludes halogenated alkanes) is 9. The maximum atomic E-state index is 25.0. The second-order valence-electron chi connectivity index (χ2n) is 42.3. The molecule has 0 aliphatic heterocycles. The Kier molecular flexibility index (Phi) is 35.6. The topological polar surface area (TPSA) is 44.8 Å². The highest BCUT2D eigenvalue weighted by Crippen LogP contribution is 2.67. The lowest BCUT2D eigenvalue weighted by Gasteiger charge is -2.64. The van der Waals surface area contributed by atoms with Crippen LogP contribution in [0.5, 0.6) is 0 Å². The lowest BCUT2D eigenvalue weighted by molar-refractivity contribution is 0.0346. The van der Waals surface area contributed by atoms with Gasteiger partial charge in [-0.1, -0.05) is 684 Å². The van der Waals surface area contributed by atoms with Gasteiger partial charge in [0.1, 0.15) is 0 Å². The zero-order valence-corrected chi connectivity index (χ0v) is 94.9. The summed E-state index contributed by atoms with van der Waals surface area (Å²) in [7, 11) is -34.7. The van der Waals surface area contributed by atoms with Crippen LogP contribution in [0.4, 0.5) is 0 Å². The summed E-state index contributed by atoms with van der Waals surface area (Å²) in [6.45, 7) is 14.3. The summed E-state index contributed by atoms with van der Waals surface area (Å²) in [5.74, 6) is 1.44. The lowest BCUT2D eigenvalue weighted by Crippen LogP contribution is -2.96. The molecule has 0 spiro atoms. The maximum absolute atomic E-state index is 25.0. The molecule has 18 aromatic carbocycles. The maximum Gasteiger partial charge on any atom is 0.474 e. The van der Waals surface area contributed by atoms with Crippen molar-refractivity contribution < 1.29 is 18.1 Å². The number of rotatable bonds is 51. The van der Waals surface area contributed by atoms with Crippen LogP contribution in [0.3, 0.4) is 0 Å². The fraction of sp³-hybridized carbons (Fsp3) is 0.217. The summed E-state index contributed by atoms with van der Waals surface area (Å²) in [5, 5.41) is 19.9. The molecule has 0 heterocycles. The normalized spacial score (nSPS) is 12.6. The minimum Gasteiger partial charge on any atom is -0.285 e. The summed E-state index contributed by atoms with van der Waals surface area (Å²) in [6.07, 6.45) is 14.6. The van der Waals surface area contributed by atoms with Crippen molar-refractivity contribution in [2.75, 3.05) is 0 Å². The standard InChI is InChI=1S/C138H147O4PSi6/c1-115(2)73-31-7-10-70-112-136(144(118-76-34-13-35-77-118,119-78-36-14-37-79-119)120-80-38-15-39-81-120,145(121-82-40-16-41-83-121,122-84-42-17-43-85-122)123-86-44-18-45-87-123)140-143(139,141-137(113-71-11-8-32-74-116(3)4,146(124-88-46-19-47-89-124,125-90-48-20-49-91-125)126-92-50-21-51-93-126)147(127-94-52-22-53-95-127,128-96-54-23-55-97-128)129-98-56-24-57-99-129)142-138(114-72-12-9-33-75-117(5)6,148(130-100-58-25-59-101-130,131-102-60-26-61-103-131)132-104-62-27-63-105-132)149(133-106-64-28-65-107-133,134-108-66-29-67-109-134)135-110-68-30-69-111-135/h13-30,34-69,76-111,115-117H,7-12,31-33,70-75,112-114H2,1-6H3. The molecular weight excluding hydrogens is 1920 g/mol. The number of benzene rings is 18. The van der Waals surface area contributed by atoms with Crippen molar-refractivity contribution in [3.63, 3.8) is 0 Å². The van der Waals surface area contributed by atoms with E-state index in [1.54, 1.807) is 0 Å². The van der Waals surface area contributed by atoms with E-state index in [1.165, 1.54) is 0 Å². The van der Waals surface area contributed by atoms with E-state index in [-0.39, 0.29) is 0 Å². The minimum absolute atomic E-state index is 0.363. The van der Waals surface area contributed by atoms with Crippen molar-refractivity contribution in [3.05, 3.63) is 546 Å². The van der Waals surface area contributed by atoms with Crippen molar-refractivity contribution in [1.82, 2.24) is 0 Å². The van der Waals surface area contributed by atoms with E-state index in [0.29, 0.717) is 56.3 Å². The monoisotopic (exact) mass is 2070 g/mol. The van der Waals surface area contributed by atoms with Gasteiger partial charge in [0.15, 0.2) is 48.4 Å². The molecule has 0 aliphatic carbocycles. The second kappa shape index (κ2) is 49.9. The highest BCUT2D eigenvalue weighted by Gasteiger charge is 2.80. The molecule has 4 nitrogen and oxygen atoms in total. The average molecular weight is 2070 g/mol. The molecule has 0 aromatic heterocycles. The molecule has 0 aliphatic rings. The van der Waals surface area contributed by atoms with Crippen molar-refractivity contribution in [2.24, 2.45) is 17.8 Å². The summed E-state index contributed by atoms with van der Waals surface area (Å²) >= 11 is 0. The molecule has 18 aromatic rings. The molecular formula is C138H147O4PSi6. The Hall–Kier alpha value is -12.6. The highest BCUT2D eigenvalue weighted by molar-refractivity contribution is 7.51. The van der Waals surface area contributed by atoms with Crippen LogP contribution in [0, 0.1) is 17.8 Å². The zero-order chi connectivity index (χ0) is 103. The first-order valence-corrected chi connectivity index (χ1v) is 68.4. The Bertz CT molecular complexity index is 5440. The third kappa shape index (κ3) is 20.7. The van der Waals surface area contributed by atoms with E-state index in [2.05, 4.69) is 588 Å². The van der Waals surface area contributed by atoms with Crippen molar-refractivity contribution in [2.45, 2.75) is 172 Å². The number of hydrogen-bond donors (Lipinski definition) is 0. The van der Waals surface area contributed by atoms with Gasteiger partial charge >= 0.3 is 7.82 Å². The van der Waals surface area contributed by atoms with Gasteiger partial charge < -0.3 is 0 Å². The summed E-state index contributed by atoms with van der Waals surface area (Å²) < 4.78 is 58.3. The molecule has 0 unspecified atom stereocenters. The van der Waals surface area contributed by atoms with Gasteiger partial charge in [0.2, 0.25) is 0 Å². The quantitative estimate of drug-likeness (QED) is 0.0165. The molecule has 0 fully saturated rings. The molecule has 0 N–H and O–H groups in total. The van der Waals surface area contributed by atoms with Crippen LogP contribution >= 0.6 is 7.82 Å². The van der Waals surface area contributed by atoms with Crippen LogP contribution in [0.2, 0.25) is 0 Å². The summed E-state index contributed by atoms with van der Waals surface area (Å²) in [6, 6.07) is 211. The molecule has 0 atom stereocenters. The highest BCUT2D eigenvalue weighted by atomic mass is 31.2. The zero-order valence-electron chi connectivity index (χ0n) is 88.0. The molecule has 0 saturated heterocycles. The molecule has 18 rings (SSSR count). The third-order valence-electron chi connectivity index (χ3n) is 32.3. The minimum atomic E-state index is -6.35. The first-order chi connectivity index (χ1) is 73.3. The van der Waals surface area contributed by atoms with Crippen LogP contribution < -0.4 is 93.4 Å². The Morgan fingerprint density at radius 2 is 0.248 bits per heavy atom. The van der Waals surface area contributed by atoms with Crippen LogP contribution in [-0.4, -0.2) is 63.0 Å². The molecule has 0 radical (unpaired) electrons. The van der Waals surface area contributed by atoms with Gasteiger partial charge in [0, 0.05) is 0 Å². The van der Waals surface area contributed by atoms with E-state index in [1.807, 2.05) is 0 Å². The van der Waals surface area contributed by atoms with E-state index >= 15 is 4.57 Å². The second-order valence-corrected chi connectivity index (χ2v) is 69.5. The number of phosphoric ester groups is 1. The Morgan fingerprint density at radius 3 is 0.342 bits per heavy atom. The van der Waals surface area contributed by atoms with Gasteiger partial charge in [-0.2, -0.15) is 0 Å². The fourth-order valence-electron chi connectivity index (χ4n) is 26.6. The molecule has 0 amide bonds. The predicted octanol–water partition coefficient (Wildman–Crippen LogP) is 23.6. The smallest absolute Gasteiger partial charge is 0.285 e. The molecule has 11 heteroatoms. The van der Waals surface area contributed by atoms with Crippen molar-refractivity contribution in [3.8, 4) is 0 Å². The molecule has 752 valence electrons. The van der Waals surface area contributed by atoms with E-state index in [0.717, 1.165) is 170 Å². The van der Waals surface area contributed by atoms with Gasteiger partial charge in [-0.15, -0.1) is 0 Å². The van der Waals surface area contributed by atoms with Gasteiger partial charge in [-0.05, 0) is 130 Å². The number of phosphoric acid groups is 1. The fourth-order valence-corrected chi connectivity index (χ4v) is 78.1. The molecule has 149 heavy (non-hydrogen) atoms. The Morgan fingerprint density at radius 1 is 0.154 bits per heavy atom. The van der Waals surface area contributed by atoms with E-state index in [4.69, 9.17) is 0 Å². The van der Waals surface area contributed by atoms with E-state index in [9.17, 15) is 13.6 Å². The molecule has 0 bridgehead atoms. The largest absolute Gasteiger partial charge is 0.474 e. The van der Waals surface area contributed by atoms with Crippen molar-refractivity contribution in [1.29, 1.82) is 0 Å². The summed E-state index contributed by atoms with van der Waals surface area (Å²) in [4.78, 5) is -5.40. The lowest BCUT2D eigenvalue weighted by atomic mass is 10.0. The first kappa shape index (κ1) is 106. The van der Waals surface area contributed by atoms with Gasteiger partial charge in [0.05, 0.1) is 14.5 Å². The first-order valence-electron chi connectivity index (χ1n) is 55.0. The van der Waals surface area contributed by atoms with Crippen molar-refractivity contribution >= 4 is 150 Å². The van der Waals surface area contributed by atoms with Gasteiger partial charge in [-0.25, -0.2) is 4.57 Å².